The Morgan fingerprint density at radius 1 is 1.00 bits per heavy atom. The smallest absolute Gasteiger partial charge is 0.226 e. The quantitative estimate of drug-likeness (QED) is 0.858. The van der Waals surface area contributed by atoms with Gasteiger partial charge in [-0.1, -0.05) is 37.3 Å². The van der Waals surface area contributed by atoms with E-state index in [1.165, 1.54) is 0 Å². The van der Waals surface area contributed by atoms with Crippen LogP contribution in [0.15, 0.2) is 54.6 Å². The summed E-state index contributed by atoms with van der Waals surface area (Å²) in [6.07, 6.45) is 0.471. The zero-order chi connectivity index (χ0) is 15.2. The summed E-state index contributed by atoms with van der Waals surface area (Å²) in [6, 6.07) is 17.7. The van der Waals surface area contributed by atoms with Crippen molar-refractivity contribution in [1.82, 2.24) is 0 Å². The van der Waals surface area contributed by atoms with Gasteiger partial charge in [0.15, 0.2) is 0 Å². The fourth-order valence-electron chi connectivity index (χ4n) is 2.30. The van der Waals surface area contributed by atoms with Crippen molar-refractivity contribution in [2.24, 2.45) is 5.73 Å². The first-order chi connectivity index (χ1) is 10.2. The Balaban J connectivity index is 2.45. The summed E-state index contributed by atoms with van der Waals surface area (Å²) >= 11 is 0. The minimum atomic E-state index is 0.0764. The van der Waals surface area contributed by atoms with Crippen LogP contribution < -0.4 is 15.5 Å². The van der Waals surface area contributed by atoms with Crippen LogP contribution in [-0.2, 0) is 4.79 Å². The van der Waals surface area contributed by atoms with Gasteiger partial charge in [0, 0.05) is 19.2 Å². The molecule has 21 heavy (non-hydrogen) atoms. The Morgan fingerprint density at radius 2 is 1.57 bits per heavy atom. The molecule has 0 unspecified atom stereocenters. The maximum absolute atomic E-state index is 12.0. The number of nitrogens with two attached hydrogens (primary N) is 1. The van der Waals surface area contributed by atoms with Crippen molar-refractivity contribution in [3.8, 4) is 0 Å². The zero-order valence-electron chi connectivity index (χ0n) is 12.5. The van der Waals surface area contributed by atoms with Crippen LogP contribution in [0.25, 0.3) is 0 Å². The predicted molar refractivity (Wildman–Crippen MR) is 87.8 cm³/mol. The number of anilines is 3. The number of nitrogens with zero attached hydrogens (tertiary/aromatic N) is 2. The first-order valence-electron chi connectivity index (χ1n) is 7.07. The molecule has 0 spiro atoms. The SMILES string of the molecule is CCC(=O)N(C)c1ccccc1N(CN)c1ccccc1. The molecule has 1 amide bonds. The maximum Gasteiger partial charge on any atom is 0.226 e. The molecule has 0 aliphatic rings. The number of rotatable bonds is 5. The summed E-state index contributed by atoms with van der Waals surface area (Å²) in [5.74, 6) is 0.0764. The molecule has 0 aliphatic carbocycles. The minimum absolute atomic E-state index is 0.0764. The molecule has 0 aliphatic heterocycles. The van der Waals surface area contributed by atoms with Gasteiger partial charge in [0.2, 0.25) is 5.91 Å². The number of hydrogen-bond acceptors (Lipinski definition) is 3. The molecule has 0 fully saturated rings. The van der Waals surface area contributed by atoms with E-state index in [4.69, 9.17) is 5.73 Å². The van der Waals surface area contributed by atoms with Crippen LogP contribution in [0.1, 0.15) is 13.3 Å². The highest BCUT2D eigenvalue weighted by Gasteiger charge is 2.17. The zero-order valence-corrected chi connectivity index (χ0v) is 12.5. The average Bonchev–Trinajstić information content (AvgIpc) is 2.55. The summed E-state index contributed by atoms with van der Waals surface area (Å²) < 4.78 is 0. The first kappa shape index (κ1) is 15.1. The molecule has 0 radical (unpaired) electrons. The lowest BCUT2D eigenvalue weighted by Crippen LogP contribution is -2.30. The van der Waals surface area contributed by atoms with Gasteiger partial charge in [-0.3, -0.25) is 4.79 Å². The summed E-state index contributed by atoms with van der Waals surface area (Å²) in [5, 5.41) is 0. The second kappa shape index (κ2) is 6.90. The molecule has 2 aromatic carbocycles. The number of hydrogen-bond donors (Lipinski definition) is 1. The Kier molecular flexibility index (Phi) is 4.95. The molecular weight excluding hydrogens is 262 g/mol. The number of amides is 1. The molecule has 0 saturated heterocycles. The fourth-order valence-corrected chi connectivity index (χ4v) is 2.30. The Hall–Kier alpha value is -2.33. The van der Waals surface area contributed by atoms with Crippen LogP contribution >= 0.6 is 0 Å². The molecular formula is C17H21N3O. The lowest BCUT2D eigenvalue weighted by Gasteiger charge is -2.28. The Labute approximate surface area is 125 Å². The number of carbonyl (C=O) groups excluding carboxylic acids is 1. The van der Waals surface area contributed by atoms with Gasteiger partial charge < -0.3 is 15.5 Å². The van der Waals surface area contributed by atoms with E-state index in [2.05, 4.69) is 0 Å². The molecule has 0 bridgehead atoms. The third kappa shape index (κ3) is 3.23. The predicted octanol–water partition coefficient (Wildman–Crippen LogP) is 3.11. The fraction of sp³-hybridized carbons (Fsp3) is 0.235. The third-order valence-electron chi connectivity index (χ3n) is 3.46. The molecule has 4 nitrogen and oxygen atoms in total. The van der Waals surface area contributed by atoms with Gasteiger partial charge in [-0.05, 0) is 24.3 Å². The molecule has 0 saturated carbocycles. The minimum Gasteiger partial charge on any atom is -0.327 e. The monoisotopic (exact) mass is 283 g/mol. The molecule has 4 heteroatoms. The van der Waals surface area contributed by atoms with E-state index in [9.17, 15) is 4.79 Å². The van der Waals surface area contributed by atoms with E-state index >= 15 is 0 Å². The summed E-state index contributed by atoms with van der Waals surface area (Å²) in [5.41, 5.74) is 8.73. The van der Waals surface area contributed by atoms with E-state index in [0.717, 1.165) is 17.1 Å². The summed E-state index contributed by atoms with van der Waals surface area (Å²) in [6.45, 7) is 2.20. The van der Waals surface area contributed by atoms with E-state index in [0.29, 0.717) is 13.1 Å². The van der Waals surface area contributed by atoms with Gasteiger partial charge >= 0.3 is 0 Å². The number of carbonyl (C=O) groups is 1. The molecule has 2 aromatic rings. The van der Waals surface area contributed by atoms with Crippen molar-refractivity contribution in [2.75, 3.05) is 23.5 Å². The molecule has 0 aromatic heterocycles. The highest BCUT2D eigenvalue weighted by molar-refractivity contribution is 5.96. The van der Waals surface area contributed by atoms with Crippen molar-refractivity contribution in [3.05, 3.63) is 54.6 Å². The largest absolute Gasteiger partial charge is 0.327 e. The third-order valence-corrected chi connectivity index (χ3v) is 3.46. The van der Waals surface area contributed by atoms with Gasteiger partial charge in [0.05, 0.1) is 18.0 Å². The van der Waals surface area contributed by atoms with E-state index in [1.54, 1.807) is 11.9 Å². The van der Waals surface area contributed by atoms with Gasteiger partial charge in [0.1, 0.15) is 0 Å². The van der Waals surface area contributed by atoms with Gasteiger partial charge in [-0.15, -0.1) is 0 Å². The van der Waals surface area contributed by atoms with Crippen LogP contribution in [0.3, 0.4) is 0 Å². The van der Waals surface area contributed by atoms with E-state index in [1.807, 2.05) is 66.4 Å². The van der Waals surface area contributed by atoms with Crippen molar-refractivity contribution >= 4 is 23.0 Å². The van der Waals surface area contributed by atoms with E-state index in [-0.39, 0.29) is 5.91 Å². The van der Waals surface area contributed by atoms with Gasteiger partial charge in [-0.2, -0.15) is 0 Å². The first-order valence-corrected chi connectivity index (χ1v) is 7.07. The number of para-hydroxylation sites is 3. The Bertz CT molecular complexity index is 598. The summed E-state index contributed by atoms with van der Waals surface area (Å²) in [7, 11) is 1.80. The van der Waals surface area contributed by atoms with Crippen LogP contribution in [-0.4, -0.2) is 19.6 Å². The normalized spacial score (nSPS) is 10.2. The van der Waals surface area contributed by atoms with Crippen molar-refractivity contribution < 1.29 is 4.79 Å². The van der Waals surface area contributed by atoms with Crippen molar-refractivity contribution in [3.63, 3.8) is 0 Å². The number of benzene rings is 2. The molecule has 110 valence electrons. The standard InChI is InChI=1S/C17H21N3O/c1-3-17(21)19(2)15-11-7-8-12-16(15)20(13-18)14-9-5-4-6-10-14/h4-12H,3,13,18H2,1-2H3. The van der Waals surface area contributed by atoms with Gasteiger partial charge in [-0.25, -0.2) is 0 Å². The maximum atomic E-state index is 12.0. The molecule has 0 heterocycles. The lowest BCUT2D eigenvalue weighted by molar-refractivity contribution is -0.118. The second-order valence-corrected chi connectivity index (χ2v) is 4.74. The van der Waals surface area contributed by atoms with Crippen LogP contribution in [0, 0.1) is 0 Å². The van der Waals surface area contributed by atoms with Crippen LogP contribution in [0.2, 0.25) is 0 Å². The van der Waals surface area contributed by atoms with Crippen LogP contribution in [0.5, 0.6) is 0 Å². The average molecular weight is 283 g/mol. The van der Waals surface area contributed by atoms with Crippen molar-refractivity contribution in [1.29, 1.82) is 0 Å². The summed E-state index contributed by atoms with van der Waals surface area (Å²) in [4.78, 5) is 15.7. The Morgan fingerprint density at radius 3 is 2.14 bits per heavy atom. The topological polar surface area (TPSA) is 49.6 Å². The molecule has 2 rings (SSSR count). The van der Waals surface area contributed by atoms with E-state index < -0.39 is 0 Å². The second-order valence-electron chi connectivity index (χ2n) is 4.74. The highest BCUT2D eigenvalue weighted by atomic mass is 16.2. The van der Waals surface area contributed by atoms with Crippen LogP contribution in [0.4, 0.5) is 17.1 Å². The van der Waals surface area contributed by atoms with Gasteiger partial charge in [0.25, 0.3) is 0 Å². The van der Waals surface area contributed by atoms with Crippen molar-refractivity contribution in [2.45, 2.75) is 13.3 Å². The molecule has 0 atom stereocenters. The molecule has 2 N–H and O–H groups in total. The highest BCUT2D eigenvalue weighted by Crippen LogP contribution is 2.33. The lowest BCUT2D eigenvalue weighted by atomic mass is 10.2.